The number of benzene rings is 2. The van der Waals surface area contributed by atoms with E-state index in [2.05, 4.69) is 21.2 Å². The van der Waals surface area contributed by atoms with Crippen LogP contribution in [0.2, 0.25) is 0 Å². The molecule has 0 saturated carbocycles. The second-order valence-corrected chi connectivity index (χ2v) is 6.07. The number of aliphatic hydroxyl groups excluding tert-OH is 1. The smallest absolute Gasteiger partial charge is 0.123 e. The zero-order valence-corrected chi connectivity index (χ0v) is 12.8. The number of rotatable bonds is 5. The van der Waals surface area contributed by atoms with E-state index in [4.69, 9.17) is 0 Å². The third-order valence-electron chi connectivity index (χ3n) is 3.12. The lowest BCUT2D eigenvalue weighted by molar-refractivity contribution is 0.222. The molecule has 0 fully saturated rings. The number of anilines is 1. The first-order valence-corrected chi connectivity index (χ1v) is 7.19. The quantitative estimate of drug-likeness (QED) is 0.864. The number of halogens is 2. The molecule has 0 amide bonds. The molecule has 0 saturated heterocycles. The lowest BCUT2D eigenvalue weighted by Gasteiger charge is -2.30. The topological polar surface area (TPSA) is 32.3 Å². The van der Waals surface area contributed by atoms with Gasteiger partial charge in [-0.2, -0.15) is 0 Å². The molecule has 2 N–H and O–H groups in total. The minimum atomic E-state index is -0.540. The molecular weight excluding hydrogens is 321 g/mol. The lowest BCUT2D eigenvalue weighted by Crippen LogP contribution is -2.41. The van der Waals surface area contributed by atoms with Crippen molar-refractivity contribution in [1.29, 1.82) is 0 Å². The third kappa shape index (κ3) is 4.05. The van der Waals surface area contributed by atoms with Crippen molar-refractivity contribution in [1.82, 2.24) is 0 Å². The summed E-state index contributed by atoms with van der Waals surface area (Å²) in [6, 6.07) is 14.2. The molecular formula is C16H17BrFNO. The van der Waals surface area contributed by atoms with E-state index >= 15 is 0 Å². The summed E-state index contributed by atoms with van der Waals surface area (Å²) < 4.78 is 14.2. The summed E-state index contributed by atoms with van der Waals surface area (Å²) in [7, 11) is 0. The van der Waals surface area contributed by atoms with Crippen LogP contribution in [0.5, 0.6) is 0 Å². The molecule has 0 aromatic heterocycles. The van der Waals surface area contributed by atoms with Crippen LogP contribution in [0.1, 0.15) is 12.5 Å². The number of aliphatic hydroxyl groups is 1. The molecule has 0 heterocycles. The predicted octanol–water partition coefficient (Wildman–Crippen LogP) is 3.99. The van der Waals surface area contributed by atoms with Gasteiger partial charge in [-0.15, -0.1) is 0 Å². The zero-order chi connectivity index (χ0) is 14.6. The SMILES string of the molecule is CC(CO)(Cc1cccc(F)c1)Nc1ccc(Br)cc1. The van der Waals surface area contributed by atoms with E-state index < -0.39 is 5.54 Å². The maximum Gasteiger partial charge on any atom is 0.123 e. The number of hydrogen-bond acceptors (Lipinski definition) is 2. The Kier molecular flexibility index (Phi) is 4.78. The van der Waals surface area contributed by atoms with Crippen LogP contribution in [-0.2, 0) is 6.42 Å². The molecule has 0 spiro atoms. The molecule has 2 aromatic carbocycles. The van der Waals surface area contributed by atoms with Gasteiger partial charge in [0.05, 0.1) is 12.1 Å². The van der Waals surface area contributed by atoms with Gasteiger partial charge in [0.15, 0.2) is 0 Å². The van der Waals surface area contributed by atoms with Gasteiger partial charge in [0.1, 0.15) is 5.82 Å². The van der Waals surface area contributed by atoms with Crippen LogP contribution in [-0.4, -0.2) is 17.3 Å². The molecule has 2 rings (SSSR count). The highest BCUT2D eigenvalue weighted by molar-refractivity contribution is 9.10. The van der Waals surface area contributed by atoms with E-state index in [1.807, 2.05) is 37.3 Å². The summed E-state index contributed by atoms with van der Waals surface area (Å²) in [6.07, 6.45) is 0.539. The van der Waals surface area contributed by atoms with Crippen molar-refractivity contribution in [3.63, 3.8) is 0 Å². The van der Waals surface area contributed by atoms with Gasteiger partial charge in [-0.05, 0) is 55.3 Å². The molecule has 1 unspecified atom stereocenters. The van der Waals surface area contributed by atoms with Crippen molar-refractivity contribution in [3.05, 3.63) is 64.4 Å². The van der Waals surface area contributed by atoms with Gasteiger partial charge in [0.2, 0.25) is 0 Å². The van der Waals surface area contributed by atoms with E-state index in [0.717, 1.165) is 15.7 Å². The minimum absolute atomic E-state index is 0.0421. The Labute approximate surface area is 126 Å². The fourth-order valence-electron chi connectivity index (χ4n) is 2.12. The highest BCUT2D eigenvalue weighted by atomic mass is 79.9. The van der Waals surface area contributed by atoms with Gasteiger partial charge >= 0.3 is 0 Å². The van der Waals surface area contributed by atoms with Gasteiger partial charge in [0.25, 0.3) is 0 Å². The van der Waals surface area contributed by atoms with Crippen molar-refractivity contribution in [3.8, 4) is 0 Å². The largest absolute Gasteiger partial charge is 0.394 e. The van der Waals surface area contributed by atoms with Crippen LogP contribution in [0, 0.1) is 5.82 Å². The molecule has 0 aliphatic carbocycles. The first kappa shape index (κ1) is 15.0. The predicted molar refractivity (Wildman–Crippen MR) is 83.4 cm³/mol. The van der Waals surface area contributed by atoms with E-state index in [-0.39, 0.29) is 12.4 Å². The van der Waals surface area contributed by atoms with Gasteiger partial charge in [-0.1, -0.05) is 28.1 Å². The molecule has 0 radical (unpaired) electrons. The Balaban J connectivity index is 2.14. The van der Waals surface area contributed by atoms with Crippen LogP contribution in [0.25, 0.3) is 0 Å². The van der Waals surface area contributed by atoms with Crippen molar-refractivity contribution in [2.75, 3.05) is 11.9 Å². The zero-order valence-electron chi connectivity index (χ0n) is 11.2. The van der Waals surface area contributed by atoms with E-state index in [1.165, 1.54) is 12.1 Å². The van der Waals surface area contributed by atoms with Gasteiger partial charge in [-0.25, -0.2) is 4.39 Å². The lowest BCUT2D eigenvalue weighted by atomic mass is 9.93. The second-order valence-electron chi connectivity index (χ2n) is 5.16. The van der Waals surface area contributed by atoms with Crippen molar-refractivity contribution >= 4 is 21.6 Å². The fraction of sp³-hybridized carbons (Fsp3) is 0.250. The highest BCUT2D eigenvalue weighted by Gasteiger charge is 2.23. The summed E-state index contributed by atoms with van der Waals surface area (Å²) >= 11 is 3.39. The standard InChI is InChI=1S/C16H17BrFNO/c1-16(11-20,10-12-3-2-4-14(18)9-12)19-15-7-5-13(17)6-8-15/h2-9,19-20H,10-11H2,1H3. The van der Waals surface area contributed by atoms with Crippen molar-refractivity contribution in [2.24, 2.45) is 0 Å². The molecule has 20 heavy (non-hydrogen) atoms. The average molecular weight is 338 g/mol. The molecule has 1 atom stereocenters. The Bertz CT molecular complexity index is 573. The first-order chi connectivity index (χ1) is 9.50. The monoisotopic (exact) mass is 337 g/mol. The Morgan fingerprint density at radius 1 is 1.20 bits per heavy atom. The summed E-state index contributed by atoms with van der Waals surface area (Å²) in [4.78, 5) is 0. The molecule has 106 valence electrons. The third-order valence-corrected chi connectivity index (χ3v) is 3.65. The van der Waals surface area contributed by atoms with Crippen molar-refractivity contribution in [2.45, 2.75) is 18.9 Å². The van der Waals surface area contributed by atoms with E-state index in [0.29, 0.717) is 6.42 Å². The Hall–Kier alpha value is -1.39. The van der Waals surface area contributed by atoms with Crippen LogP contribution < -0.4 is 5.32 Å². The summed E-state index contributed by atoms with van der Waals surface area (Å²) in [5.74, 6) is -0.258. The summed E-state index contributed by atoms with van der Waals surface area (Å²) in [5.41, 5.74) is 1.23. The molecule has 2 nitrogen and oxygen atoms in total. The molecule has 4 heteroatoms. The van der Waals surface area contributed by atoms with Gasteiger partial charge in [-0.3, -0.25) is 0 Å². The van der Waals surface area contributed by atoms with E-state index in [1.54, 1.807) is 6.07 Å². The van der Waals surface area contributed by atoms with Gasteiger partial charge in [0, 0.05) is 10.2 Å². The summed E-state index contributed by atoms with van der Waals surface area (Å²) in [5, 5.41) is 13.0. The molecule has 2 aromatic rings. The highest BCUT2D eigenvalue weighted by Crippen LogP contribution is 2.22. The van der Waals surface area contributed by atoms with Gasteiger partial charge < -0.3 is 10.4 Å². The van der Waals surface area contributed by atoms with Crippen molar-refractivity contribution < 1.29 is 9.50 Å². The molecule has 0 aliphatic rings. The van der Waals surface area contributed by atoms with Crippen LogP contribution in [0.3, 0.4) is 0 Å². The normalized spacial score (nSPS) is 13.8. The van der Waals surface area contributed by atoms with E-state index in [9.17, 15) is 9.50 Å². The Morgan fingerprint density at radius 2 is 1.90 bits per heavy atom. The maximum absolute atomic E-state index is 13.2. The number of nitrogens with one attached hydrogen (secondary N) is 1. The first-order valence-electron chi connectivity index (χ1n) is 6.40. The molecule has 0 bridgehead atoms. The maximum atomic E-state index is 13.2. The summed E-state index contributed by atoms with van der Waals surface area (Å²) in [6.45, 7) is 1.87. The number of hydrogen-bond donors (Lipinski definition) is 2. The fourth-order valence-corrected chi connectivity index (χ4v) is 2.38. The Morgan fingerprint density at radius 3 is 2.50 bits per heavy atom. The van der Waals surface area contributed by atoms with Crippen LogP contribution in [0.15, 0.2) is 53.0 Å². The van der Waals surface area contributed by atoms with Crippen LogP contribution >= 0.6 is 15.9 Å². The average Bonchev–Trinajstić information content (AvgIpc) is 2.41. The van der Waals surface area contributed by atoms with Crippen LogP contribution in [0.4, 0.5) is 10.1 Å². The molecule has 0 aliphatic heterocycles. The second kappa shape index (κ2) is 6.37. The minimum Gasteiger partial charge on any atom is -0.394 e.